The van der Waals surface area contributed by atoms with Crippen LogP contribution in [-0.2, 0) is 0 Å². The molecule has 3 heteroatoms. The van der Waals surface area contributed by atoms with E-state index in [1.807, 2.05) is 68.4 Å². The average Bonchev–Trinajstić information content (AvgIpc) is 2.43. The van der Waals surface area contributed by atoms with Crippen molar-refractivity contribution >= 4 is 17.4 Å². The maximum atomic E-state index is 12.3. The summed E-state index contributed by atoms with van der Waals surface area (Å²) < 4.78 is 0. The first-order valence-corrected chi connectivity index (χ1v) is 6.41. The van der Waals surface area contributed by atoms with Gasteiger partial charge in [-0.1, -0.05) is 36.4 Å². The lowest BCUT2D eigenvalue weighted by Crippen LogP contribution is -2.35. The molecule has 0 aliphatic carbocycles. The molecule has 0 radical (unpaired) electrons. The fourth-order valence-corrected chi connectivity index (χ4v) is 2.00. The van der Waals surface area contributed by atoms with E-state index < -0.39 is 0 Å². The standard InChI is InChI=1S/C16H18N2O/c1-3-18(15-12-8-7-9-13(15)2)16(19)17-14-10-5-4-6-11-14/h4-12H,3H2,1-2H3,(H,17,19). The van der Waals surface area contributed by atoms with Crippen molar-refractivity contribution in [1.29, 1.82) is 0 Å². The number of para-hydroxylation sites is 2. The first-order valence-electron chi connectivity index (χ1n) is 6.41. The topological polar surface area (TPSA) is 32.3 Å². The van der Waals surface area contributed by atoms with Crippen LogP contribution in [0.1, 0.15) is 12.5 Å². The highest BCUT2D eigenvalue weighted by Crippen LogP contribution is 2.20. The molecule has 0 aliphatic heterocycles. The van der Waals surface area contributed by atoms with Gasteiger partial charge >= 0.3 is 6.03 Å². The number of urea groups is 1. The van der Waals surface area contributed by atoms with Crippen LogP contribution in [0.25, 0.3) is 0 Å². The van der Waals surface area contributed by atoms with Gasteiger partial charge in [0.1, 0.15) is 0 Å². The van der Waals surface area contributed by atoms with Crippen LogP contribution in [0, 0.1) is 6.92 Å². The molecular formula is C16H18N2O. The van der Waals surface area contributed by atoms with Crippen LogP contribution in [0.5, 0.6) is 0 Å². The van der Waals surface area contributed by atoms with Crippen LogP contribution in [0.2, 0.25) is 0 Å². The Balaban J connectivity index is 2.19. The van der Waals surface area contributed by atoms with Crippen LogP contribution >= 0.6 is 0 Å². The van der Waals surface area contributed by atoms with Gasteiger partial charge in [0.15, 0.2) is 0 Å². The molecule has 19 heavy (non-hydrogen) atoms. The van der Waals surface area contributed by atoms with E-state index in [-0.39, 0.29) is 6.03 Å². The number of hydrogen-bond acceptors (Lipinski definition) is 1. The normalized spacial score (nSPS) is 10.0. The lowest BCUT2D eigenvalue weighted by molar-refractivity contribution is 0.257. The van der Waals surface area contributed by atoms with E-state index in [9.17, 15) is 4.79 Å². The van der Waals surface area contributed by atoms with Crippen molar-refractivity contribution in [3.8, 4) is 0 Å². The zero-order valence-electron chi connectivity index (χ0n) is 11.3. The summed E-state index contributed by atoms with van der Waals surface area (Å²) in [5.74, 6) is 0. The Bertz CT molecular complexity index is 552. The van der Waals surface area contributed by atoms with Gasteiger partial charge < -0.3 is 5.32 Å². The molecule has 0 saturated heterocycles. The van der Waals surface area contributed by atoms with E-state index in [0.717, 1.165) is 16.9 Å². The molecule has 2 rings (SSSR count). The van der Waals surface area contributed by atoms with Crippen LogP contribution < -0.4 is 10.2 Å². The zero-order valence-corrected chi connectivity index (χ0v) is 11.3. The Kier molecular flexibility index (Phi) is 4.18. The molecule has 2 amide bonds. The van der Waals surface area contributed by atoms with Gasteiger partial charge in [-0.25, -0.2) is 4.79 Å². The van der Waals surface area contributed by atoms with Crippen molar-refractivity contribution < 1.29 is 4.79 Å². The molecule has 0 saturated carbocycles. The minimum absolute atomic E-state index is 0.108. The molecule has 2 aromatic rings. The lowest BCUT2D eigenvalue weighted by Gasteiger charge is -2.23. The number of anilines is 2. The van der Waals surface area contributed by atoms with Gasteiger partial charge in [-0.05, 0) is 37.6 Å². The third-order valence-electron chi connectivity index (χ3n) is 2.99. The van der Waals surface area contributed by atoms with Gasteiger partial charge in [0.25, 0.3) is 0 Å². The Morgan fingerprint density at radius 1 is 1.05 bits per heavy atom. The SMILES string of the molecule is CCN(C(=O)Nc1ccccc1)c1ccccc1C. The number of nitrogens with one attached hydrogen (secondary N) is 1. The van der Waals surface area contributed by atoms with Gasteiger partial charge in [-0.3, -0.25) is 4.90 Å². The summed E-state index contributed by atoms with van der Waals surface area (Å²) >= 11 is 0. The molecule has 0 bridgehead atoms. The van der Waals surface area contributed by atoms with Crippen molar-refractivity contribution in [2.45, 2.75) is 13.8 Å². The first kappa shape index (κ1) is 13.1. The maximum absolute atomic E-state index is 12.3. The Hall–Kier alpha value is -2.29. The average molecular weight is 254 g/mol. The van der Waals surface area contributed by atoms with Crippen molar-refractivity contribution in [1.82, 2.24) is 0 Å². The molecule has 0 fully saturated rings. The molecule has 1 N–H and O–H groups in total. The number of hydrogen-bond donors (Lipinski definition) is 1. The van der Waals surface area contributed by atoms with Gasteiger partial charge in [-0.2, -0.15) is 0 Å². The highest BCUT2D eigenvalue weighted by molar-refractivity contribution is 6.02. The molecule has 98 valence electrons. The van der Waals surface area contributed by atoms with Crippen molar-refractivity contribution in [2.75, 3.05) is 16.8 Å². The summed E-state index contributed by atoms with van der Waals surface area (Å²) in [5, 5.41) is 2.91. The molecule has 0 atom stereocenters. The number of carbonyl (C=O) groups excluding carboxylic acids is 1. The van der Waals surface area contributed by atoms with E-state index in [2.05, 4.69) is 5.32 Å². The van der Waals surface area contributed by atoms with Gasteiger partial charge in [0.05, 0.1) is 0 Å². The fourth-order valence-electron chi connectivity index (χ4n) is 2.00. The second-order valence-corrected chi connectivity index (χ2v) is 4.33. The molecule has 2 aromatic carbocycles. The van der Waals surface area contributed by atoms with E-state index in [4.69, 9.17) is 0 Å². The molecule has 0 unspecified atom stereocenters. The van der Waals surface area contributed by atoms with E-state index in [1.165, 1.54) is 0 Å². The second-order valence-electron chi connectivity index (χ2n) is 4.33. The largest absolute Gasteiger partial charge is 0.326 e. The van der Waals surface area contributed by atoms with Crippen LogP contribution in [-0.4, -0.2) is 12.6 Å². The summed E-state index contributed by atoms with van der Waals surface area (Å²) in [6.45, 7) is 4.61. The highest BCUT2D eigenvalue weighted by atomic mass is 16.2. The number of rotatable bonds is 3. The summed E-state index contributed by atoms with van der Waals surface area (Å²) in [7, 11) is 0. The monoisotopic (exact) mass is 254 g/mol. The number of amides is 2. The first-order chi connectivity index (χ1) is 9.22. The summed E-state index contributed by atoms with van der Waals surface area (Å²) in [6, 6.07) is 17.3. The van der Waals surface area contributed by atoms with Crippen LogP contribution in [0.4, 0.5) is 16.2 Å². The predicted molar refractivity (Wildman–Crippen MR) is 79.7 cm³/mol. The fraction of sp³-hybridized carbons (Fsp3) is 0.188. The summed E-state index contributed by atoms with van der Waals surface area (Å²) in [4.78, 5) is 14.0. The Labute approximate surface area is 113 Å². The highest BCUT2D eigenvalue weighted by Gasteiger charge is 2.15. The maximum Gasteiger partial charge on any atom is 0.326 e. The van der Waals surface area contributed by atoms with Gasteiger partial charge in [-0.15, -0.1) is 0 Å². The molecule has 0 aliphatic rings. The summed E-state index contributed by atoms with van der Waals surface area (Å²) in [5.41, 5.74) is 2.84. The number of nitrogens with zero attached hydrogens (tertiary/aromatic N) is 1. The van der Waals surface area contributed by atoms with Gasteiger partial charge in [0, 0.05) is 17.9 Å². The smallest absolute Gasteiger partial charge is 0.308 e. The zero-order chi connectivity index (χ0) is 13.7. The molecule has 0 aromatic heterocycles. The quantitative estimate of drug-likeness (QED) is 0.880. The Morgan fingerprint density at radius 3 is 2.32 bits per heavy atom. The number of benzene rings is 2. The van der Waals surface area contributed by atoms with Gasteiger partial charge in [0.2, 0.25) is 0 Å². The van der Waals surface area contributed by atoms with Crippen molar-refractivity contribution in [3.05, 3.63) is 60.2 Å². The van der Waals surface area contributed by atoms with Crippen molar-refractivity contribution in [3.63, 3.8) is 0 Å². The summed E-state index contributed by atoms with van der Waals surface area (Å²) in [6.07, 6.45) is 0. The predicted octanol–water partition coefficient (Wildman–Crippen LogP) is 4.05. The van der Waals surface area contributed by atoms with E-state index >= 15 is 0 Å². The minimum Gasteiger partial charge on any atom is -0.308 e. The van der Waals surface area contributed by atoms with Crippen LogP contribution in [0.3, 0.4) is 0 Å². The van der Waals surface area contributed by atoms with E-state index in [1.54, 1.807) is 4.90 Å². The number of carbonyl (C=O) groups is 1. The third-order valence-corrected chi connectivity index (χ3v) is 2.99. The molecule has 0 heterocycles. The lowest BCUT2D eigenvalue weighted by atomic mass is 10.2. The minimum atomic E-state index is -0.108. The second kappa shape index (κ2) is 6.05. The van der Waals surface area contributed by atoms with Crippen LogP contribution in [0.15, 0.2) is 54.6 Å². The van der Waals surface area contributed by atoms with Crippen molar-refractivity contribution in [2.24, 2.45) is 0 Å². The number of aryl methyl sites for hydroxylation is 1. The molecular weight excluding hydrogens is 236 g/mol. The molecule has 3 nitrogen and oxygen atoms in total. The molecule has 0 spiro atoms. The van der Waals surface area contributed by atoms with E-state index in [0.29, 0.717) is 6.54 Å². The third kappa shape index (κ3) is 3.13. The Morgan fingerprint density at radius 2 is 1.68 bits per heavy atom.